The van der Waals surface area contributed by atoms with Crippen LogP contribution in [-0.2, 0) is 19.6 Å². The van der Waals surface area contributed by atoms with Crippen molar-refractivity contribution in [2.45, 2.75) is 25.2 Å². The molecule has 1 amide bonds. The Morgan fingerprint density at radius 2 is 1.71 bits per heavy atom. The molecule has 1 aliphatic rings. The molecule has 2 heterocycles. The van der Waals surface area contributed by atoms with Crippen LogP contribution in [0, 0.1) is 11.8 Å². The van der Waals surface area contributed by atoms with Gasteiger partial charge in [0.25, 0.3) is 5.91 Å². The summed E-state index contributed by atoms with van der Waals surface area (Å²) in [5.74, 6) is -1.31. The summed E-state index contributed by atoms with van der Waals surface area (Å²) in [6.07, 6.45) is 0.995. The largest absolute Gasteiger partial charge is 0.450 e. The second-order valence-corrected chi connectivity index (χ2v) is 10.8. The van der Waals surface area contributed by atoms with E-state index in [1.807, 2.05) is 13.8 Å². The number of nitrogens with one attached hydrogen (secondary N) is 1. The van der Waals surface area contributed by atoms with E-state index in [9.17, 15) is 22.8 Å². The quantitative estimate of drug-likeness (QED) is 0.518. The number of anilines is 1. The minimum atomic E-state index is -3.63. The molecule has 0 spiro atoms. The number of para-hydroxylation sites is 1. The van der Waals surface area contributed by atoms with E-state index in [-0.39, 0.29) is 28.1 Å². The number of sulfonamides is 1. The number of benzene rings is 2. The van der Waals surface area contributed by atoms with Crippen LogP contribution in [0.2, 0.25) is 0 Å². The number of hydrogen-bond acceptors (Lipinski definition) is 7. The first-order chi connectivity index (χ1) is 16.6. The van der Waals surface area contributed by atoms with Gasteiger partial charge in [0, 0.05) is 24.8 Å². The lowest BCUT2D eigenvalue weighted by molar-refractivity contribution is -0.119. The third kappa shape index (κ3) is 5.60. The molecule has 2 unspecified atom stereocenters. The third-order valence-corrected chi connectivity index (χ3v) is 7.63. The molecule has 35 heavy (non-hydrogen) atoms. The summed E-state index contributed by atoms with van der Waals surface area (Å²) in [5, 5.41) is 2.88. The Hall–Kier alpha value is -3.50. The predicted molar refractivity (Wildman–Crippen MR) is 130 cm³/mol. The van der Waals surface area contributed by atoms with Crippen LogP contribution >= 0.6 is 0 Å². The fraction of sp³-hybridized carbons (Fsp3) is 0.320. The lowest BCUT2D eigenvalue weighted by Gasteiger charge is -2.34. The summed E-state index contributed by atoms with van der Waals surface area (Å²) < 4.78 is 37.8. The van der Waals surface area contributed by atoms with Gasteiger partial charge in [0.2, 0.25) is 15.8 Å². The van der Waals surface area contributed by atoms with Crippen LogP contribution in [0.5, 0.6) is 0 Å². The van der Waals surface area contributed by atoms with Crippen LogP contribution in [-0.4, -0.2) is 44.3 Å². The first kappa shape index (κ1) is 24.6. The fourth-order valence-corrected chi connectivity index (χ4v) is 5.94. The van der Waals surface area contributed by atoms with Crippen molar-refractivity contribution in [2.24, 2.45) is 11.8 Å². The minimum absolute atomic E-state index is 0.148. The molecule has 0 radical (unpaired) electrons. The molecule has 1 fully saturated rings. The summed E-state index contributed by atoms with van der Waals surface area (Å²) in [6, 6.07) is 13.3. The van der Waals surface area contributed by atoms with E-state index in [0.717, 1.165) is 12.5 Å². The number of rotatable bonds is 6. The van der Waals surface area contributed by atoms with Crippen molar-refractivity contribution in [1.82, 2.24) is 4.31 Å². The van der Waals surface area contributed by atoms with Crippen LogP contribution in [0.15, 0.2) is 68.7 Å². The second-order valence-electron chi connectivity index (χ2n) is 8.89. The molecule has 9 nitrogen and oxygen atoms in total. The number of esters is 1. The Morgan fingerprint density at radius 1 is 1.06 bits per heavy atom. The highest BCUT2D eigenvalue weighted by Gasteiger charge is 2.31. The van der Waals surface area contributed by atoms with Gasteiger partial charge in [0.15, 0.2) is 12.0 Å². The van der Waals surface area contributed by atoms with Crippen LogP contribution < -0.4 is 10.7 Å². The van der Waals surface area contributed by atoms with Crippen molar-refractivity contribution in [2.75, 3.05) is 25.0 Å². The van der Waals surface area contributed by atoms with Gasteiger partial charge in [-0.2, -0.15) is 4.31 Å². The van der Waals surface area contributed by atoms with Crippen molar-refractivity contribution in [1.29, 1.82) is 0 Å². The highest BCUT2D eigenvalue weighted by atomic mass is 32.2. The molecule has 1 saturated heterocycles. The molecule has 184 valence electrons. The summed E-state index contributed by atoms with van der Waals surface area (Å²) in [5.41, 5.74) is 0.189. The molecule has 0 aliphatic carbocycles. The second kappa shape index (κ2) is 10.0. The maximum absolute atomic E-state index is 13.0. The van der Waals surface area contributed by atoms with Crippen molar-refractivity contribution in [3.05, 3.63) is 70.6 Å². The predicted octanol–water partition coefficient (Wildman–Crippen LogP) is 3.26. The zero-order valence-corrected chi connectivity index (χ0v) is 20.2. The first-order valence-electron chi connectivity index (χ1n) is 11.2. The normalized spacial score (nSPS) is 18.8. The van der Waals surface area contributed by atoms with Gasteiger partial charge in [0.1, 0.15) is 5.58 Å². The van der Waals surface area contributed by atoms with Crippen molar-refractivity contribution < 1.29 is 27.2 Å². The zero-order chi connectivity index (χ0) is 25.2. The van der Waals surface area contributed by atoms with E-state index >= 15 is 0 Å². The summed E-state index contributed by atoms with van der Waals surface area (Å²) in [6.45, 7) is 4.43. The van der Waals surface area contributed by atoms with Crippen molar-refractivity contribution in [3.8, 4) is 0 Å². The molecule has 0 bridgehead atoms. The number of carbonyl (C=O) groups is 2. The molecule has 1 N–H and O–H groups in total. The van der Waals surface area contributed by atoms with Gasteiger partial charge >= 0.3 is 5.97 Å². The molecule has 1 aliphatic heterocycles. The Labute approximate surface area is 202 Å². The summed E-state index contributed by atoms with van der Waals surface area (Å²) in [4.78, 5) is 36.7. The van der Waals surface area contributed by atoms with Gasteiger partial charge in [-0.1, -0.05) is 26.0 Å². The van der Waals surface area contributed by atoms with Gasteiger partial charge < -0.3 is 14.5 Å². The SMILES string of the molecule is CC1CC(C)CN(S(=O)(=O)c2ccc(NC(=O)COC(=O)c3cc(=O)c4ccccc4o3)cc2)C1. The maximum Gasteiger partial charge on any atom is 0.374 e. The van der Waals surface area contributed by atoms with E-state index in [2.05, 4.69) is 5.32 Å². The molecule has 3 aromatic rings. The van der Waals surface area contributed by atoms with Gasteiger partial charge in [-0.3, -0.25) is 9.59 Å². The van der Waals surface area contributed by atoms with Crippen LogP contribution in [0.25, 0.3) is 11.0 Å². The van der Waals surface area contributed by atoms with Gasteiger partial charge in [0.05, 0.1) is 10.3 Å². The number of amides is 1. The summed E-state index contributed by atoms with van der Waals surface area (Å²) in [7, 11) is -3.63. The Kier molecular flexibility index (Phi) is 7.04. The standard InChI is InChI=1S/C25H26N2O7S/c1-16-11-17(2)14-27(13-16)35(31,32)19-9-7-18(8-10-19)26-24(29)15-33-25(30)23-12-21(28)20-5-3-4-6-22(20)34-23/h3-10,12,16-17H,11,13-15H2,1-2H3,(H,26,29). The molecule has 1 aromatic heterocycles. The van der Waals surface area contributed by atoms with E-state index in [1.165, 1.54) is 28.6 Å². The average Bonchev–Trinajstić information content (AvgIpc) is 2.82. The smallest absolute Gasteiger partial charge is 0.374 e. The minimum Gasteiger partial charge on any atom is -0.450 e. The van der Waals surface area contributed by atoms with Crippen molar-refractivity contribution in [3.63, 3.8) is 0 Å². The molecule has 4 rings (SSSR count). The van der Waals surface area contributed by atoms with Crippen LogP contribution in [0.1, 0.15) is 30.8 Å². The highest BCUT2D eigenvalue weighted by molar-refractivity contribution is 7.89. The molecular formula is C25H26N2O7S. The Morgan fingerprint density at radius 3 is 2.40 bits per heavy atom. The first-order valence-corrected chi connectivity index (χ1v) is 12.7. The number of nitrogens with zero attached hydrogens (tertiary/aromatic N) is 1. The molecular weight excluding hydrogens is 472 g/mol. The molecule has 2 atom stereocenters. The van der Waals surface area contributed by atoms with Crippen LogP contribution in [0.4, 0.5) is 5.69 Å². The van der Waals surface area contributed by atoms with Gasteiger partial charge in [-0.15, -0.1) is 0 Å². The monoisotopic (exact) mass is 498 g/mol. The molecule has 0 saturated carbocycles. The maximum atomic E-state index is 13.0. The Bertz CT molecular complexity index is 1400. The number of hydrogen-bond donors (Lipinski definition) is 1. The third-order valence-electron chi connectivity index (χ3n) is 5.78. The van der Waals surface area contributed by atoms with E-state index in [1.54, 1.807) is 24.3 Å². The average molecular weight is 499 g/mol. The van der Waals surface area contributed by atoms with E-state index < -0.39 is 33.9 Å². The molecule has 10 heteroatoms. The number of fused-ring (bicyclic) bond motifs is 1. The van der Waals surface area contributed by atoms with Crippen LogP contribution in [0.3, 0.4) is 0 Å². The lowest BCUT2D eigenvalue weighted by atomic mass is 9.94. The van der Waals surface area contributed by atoms with Gasteiger partial charge in [-0.25, -0.2) is 13.2 Å². The number of ether oxygens (including phenoxy) is 1. The number of carbonyl (C=O) groups excluding carboxylic acids is 2. The summed E-state index contributed by atoms with van der Waals surface area (Å²) >= 11 is 0. The topological polar surface area (TPSA) is 123 Å². The van der Waals surface area contributed by atoms with Crippen molar-refractivity contribution >= 4 is 38.6 Å². The molecule has 2 aromatic carbocycles. The van der Waals surface area contributed by atoms with Gasteiger partial charge in [-0.05, 0) is 54.7 Å². The van der Waals surface area contributed by atoms with E-state index in [4.69, 9.17) is 9.15 Å². The number of piperidine rings is 1. The lowest BCUT2D eigenvalue weighted by Crippen LogP contribution is -2.42. The highest BCUT2D eigenvalue weighted by Crippen LogP contribution is 2.27. The fourth-order valence-electron chi connectivity index (χ4n) is 4.27. The Balaban J connectivity index is 1.36. The van der Waals surface area contributed by atoms with E-state index in [0.29, 0.717) is 24.2 Å². The zero-order valence-electron chi connectivity index (χ0n) is 19.4.